The number of aromatic nitrogens is 2. The lowest BCUT2D eigenvalue weighted by Gasteiger charge is -2.26. The molecule has 0 bridgehead atoms. The zero-order valence-corrected chi connectivity index (χ0v) is 11.9. The zero-order chi connectivity index (χ0) is 12.5. The van der Waals surface area contributed by atoms with Crippen molar-refractivity contribution in [2.75, 3.05) is 11.9 Å². The van der Waals surface area contributed by atoms with Gasteiger partial charge in [-0.3, -0.25) is 0 Å². The fraction of sp³-hybridized carbons (Fsp3) is 0.357. The number of anilines is 1. The van der Waals surface area contributed by atoms with E-state index in [2.05, 4.69) is 62.2 Å². The number of fused-ring (bicyclic) bond motifs is 1. The zero-order valence-electron chi connectivity index (χ0n) is 10.4. The van der Waals surface area contributed by atoms with Crippen molar-refractivity contribution in [3.05, 3.63) is 46.1 Å². The topological polar surface area (TPSA) is 29.9 Å². The first kappa shape index (κ1) is 11.8. The molecule has 1 unspecified atom stereocenters. The maximum atomic E-state index is 4.46. The second-order valence-electron chi connectivity index (χ2n) is 4.61. The van der Waals surface area contributed by atoms with Crippen molar-refractivity contribution in [2.45, 2.75) is 25.8 Å². The van der Waals surface area contributed by atoms with Crippen molar-refractivity contribution in [2.24, 2.45) is 0 Å². The third-order valence-electron chi connectivity index (χ3n) is 3.53. The van der Waals surface area contributed by atoms with E-state index in [0.29, 0.717) is 6.04 Å². The lowest BCUT2D eigenvalue weighted by molar-refractivity contribution is 0.481. The molecule has 1 atom stereocenters. The molecule has 3 nitrogen and oxygen atoms in total. The number of halogens is 1. The molecule has 4 heteroatoms. The molecule has 0 amide bonds. The Morgan fingerprint density at radius 2 is 2.17 bits per heavy atom. The Morgan fingerprint density at radius 1 is 1.39 bits per heavy atom. The number of nitrogens with zero attached hydrogens (tertiary/aromatic N) is 2. The summed E-state index contributed by atoms with van der Waals surface area (Å²) in [4.78, 5) is 0. The minimum absolute atomic E-state index is 0.346. The summed E-state index contributed by atoms with van der Waals surface area (Å²) >= 11 is 3.53. The maximum Gasteiger partial charge on any atom is 0.139 e. The van der Waals surface area contributed by atoms with Gasteiger partial charge in [0, 0.05) is 6.54 Å². The standard InChI is InChI=1S/C14H16BrN3/c1-2-10-3-5-11(6-4-10)13-7-8-16-14-12(15)9-17-18(13)14/h3-6,9,13,16H,2,7-8H2,1H3. The number of aryl methyl sites for hydroxylation is 1. The molecule has 1 N–H and O–H groups in total. The van der Waals surface area contributed by atoms with Crippen LogP contribution in [0.1, 0.15) is 30.5 Å². The fourth-order valence-electron chi connectivity index (χ4n) is 2.48. The molecule has 0 spiro atoms. The summed E-state index contributed by atoms with van der Waals surface area (Å²) in [6, 6.07) is 9.24. The molecule has 0 saturated carbocycles. The molecule has 0 fully saturated rings. The van der Waals surface area contributed by atoms with Crippen molar-refractivity contribution < 1.29 is 0 Å². The van der Waals surface area contributed by atoms with Crippen LogP contribution in [0.5, 0.6) is 0 Å². The van der Waals surface area contributed by atoms with Gasteiger partial charge in [-0.25, -0.2) is 4.68 Å². The highest BCUT2D eigenvalue weighted by Gasteiger charge is 2.23. The Balaban J connectivity index is 1.97. The third kappa shape index (κ3) is 1.94. The van der Waals surface area contributed by atoms with Crippen LogP contribution in [0.3, 0.4) is 0 Å². The van der Waals surface area contributed by atoms with Gasteiger partial charge in [0.1, 0.15) is 5.82 Å². The highest BCUT2D eigenvalue weighted by Crippen LogP contribution is 2.33. The largest absolute Gasteiger partial charge is 0.369 e. The molecule has 2 heterocycles. The molecule has 1 aliphatic rings. The van der Waals surface area contributed by atoms with E-state index < -0.39 is 0 Å². The van der Waals surface area contributed by atoms with E-state index in [-0.39, 0.29) is 0 Å². The molecule has 0 saturated heterocycles. The normalized spacial score (nSPS) is 18.2. The van der Waals surface area contributed by atoms with Crippen LogP contribution in [-0.4, -0.2) is 16.3 Å². The number of nitrogens with one attached hydrogen (secondary N) is 1. The van der Waals surface area contributed by atoms with E-state index in [1.54, 1.807) is 0 Å². The van der Waals surface area contributed by atoms with Crippen LogP contribution in [0.25, 0.3) is 0 Å². The van der Waals surface area contributed by atoms with E-state index in [1.807, 2.05) is 6.20 Å². The first-order valence-electron chi connectivity index (χ1n) is 6.35. The molecule has 1 aliphatic heterocycles. The van der Waals surface area contributed by atoms with Crippen molar-refractivity contribution in [3.8, 4) is 0 Å². The quantitative estimate of drug-likeness (QED) is 0.918. The molecule has 1 aromatic carbocycles. The molecule has 3 rings (SSSR count). The van der Waals surface area contributed by atoms with Crippen LogP contribution in [0.4, 0.5) is 5.82 Å². The Kier molecular flexibility index (Phi) is 3.12. The highest BCUT2D eigenvalue weighted by atomic mass is 79.9. The molecular formula is C14H16BrN3. The molecule has 2 aromatic rings. The number of hydrogen-bond acceptors (Lipinski definition) is 2. The molecule has 18 heavy (non-hydrogen) atoms. The summed E-state index contributed by atoms with van der Waals surface area (Å²) in [5.41, 5.74) is 2.72. The lowest BCUT2D eigenvalue weighted by Crippen LogP contribution is -2.24. The summed E-state index contributed by atoms with van der Waals surface area (Å²) in [5.74, 6) is 1.09. The van der Waals surface area contributed by atoms with Gasteiger partial charge in [0.15, 0.2) is 0 Å². The average molecular weight is 306 g/mol. The second kappa shape index (κ2) is 4.76. The predicted octanol–water partition coefficient (Wildman–Crippen LogP) is 3.61. The summed E-state index contributed by atoms with van der Waals surface area (Å²) in [5, 5.41) is 7.85. The van der Waals surface area contributed by atoms with Crippen molar-refractivity contribution in [1.29, 1.82) is 0 Å². The van der Waals surface area contributed by atoms with Gasteiger partial charge in [0.2, 0.25) is 0 Å². The smallest absolute Gasteiger partial charge is 0.139 e. The number of hydrogen-bond donors (Lipinski definition) is 1. The van der Waals surface area contributed by atoms with Gasteiger partial charge in [0.25, 0.3) is 0 Å². The van der Waals surface area contributed by atoms with E-state index in [4.69, 9.17) is 0 Å². The van der Waals surface area contributed by atoms with Gasteiger partial charge in [0.05, 0.1) is 16.7 Å². The maximum absolute atomic E-state index is 4.46. The summed E-state index contributed by atoms with van der Waals surface area (Å²) in [6.07, 6.45) is 4.03. The van der Waals surface area contributed by atoms with Crippen molar-refractivity contribution in [3.63, 3.8) is 0 Å². The van der Waals surface area contributed by atoms with Crippen molar-refractivity contribution in [1.82, 2.24) is 9.78 Å². The van der Waals surface area contributed by atoms with Gasteiger partial charge < -0.3 is 5.32 Å². The van der Waals surface area contributed by atoms with Crippen LogP contribution in [-0.2, 0) is 6.42 Å². The molecule has 0 aliphatic carbocycles. The van der Waals surface area contributed by atoms with Crippen LogP contribution >= 0.6 is 15.9 Å². The van der Waals surface area contributed by atoms with E-state index >= 15 is 0 Å². The van der Waals surface area contributed by atoms with Crippen LogP contribution in [0.15, 0.2) is 34.9 Å². The van der Waals surface area contributed by atoms with Gasteiger partial charge in [-0.15, -0.1) is 0 Å². The third-order valence-corrected chi connectivity index (χ3v) is 4.11. The van der Waals surface area contributed by atoms with Crippen LogP contribution in [0.2, 0.25) is 0 Å². The predicted molar refractivity (Wildman–Crippen MR) is 77.0 cm³/mol. The first-order chi connectivity index (χ1) is 8.79. The van der Waals surface area contributed by atoms with Crippen LogP contribution < -0.4 is 5.32 Å². The van der Waals surface area contributed by atoms with Gasteiger partial charge >= 0.3 is 0 Å². The fourth-order valence-corrected chi connectivity index (χ4v) is 2.89. The van der Waals surface area contributed by atoms with Gasteiger partial charge in [-0.05, 0) is 39.9 Å². The van der Waals surface area contributed by atoms with Gasteiger partial charge in [-0.2, -0.15) is 5.10 Å². The SMILES string of the molecule is CCc1ccc(C2CCNc3c(Br)cnn32)cc1. The monoisotopic (exact) mass is 305 g/mol. The molecule has 0 radical (unpaired) electrons. The summed E-state index contributed by atoms with van der Waals surface area (Å²) in [7, 11) is 0. The molecule has 1 aromatic heterocycles. The minimum Gasteiger partial charge on any atom is -0.369 e. The number of rotatable bonds is 2. The summed E-state index contributed by atoms with van der Waals surface area (Å²) in [6.45, 7) is 3.17. The Hall–Kier alpha value is -1.29. The Bertz CT molecular complexity index is 545. The number of benzene rings is 1. The molecular weight excluding hydrogens is 290 g/mol. The Labute approximate surface area is 115 Å². The lowest BCUT2D eigenvalue weighted by atomic mass is 10.0. The van der Waals surface area contributed by atoms with Gasteiger partial charge in [-0.1, -0.05) is 31.2 Å². The highest BCUT2D eigenvalue weighted by molar-refractivity contribution is 9.10. The second-order valence-corrected chi connectivity index (χ2v) is 5.47. The van der Waals surface area contributed by atoms with E-state index in [0.717, 1.165) is 29.7 Å². The summed E-state index contributed by atoms with van der Waals surface area (Å²) < 4.78 is 3.12. The van der Waals surface area contributed by atoms with Crippen LogP contribution in [0, 0.1) is 0 Å². The van der Waals surface area contributed by atoms with E-state index in [1.165, 1.54) is 11.1 Å². The Morgan fingerprint density at radius 3 is 2.89 bits per heavy atom. The van der Waals surface area contributed by atoms with E-state index in [9.17, 15) is 0 Å². The van der Waals surface area contributed by atoms with Crippen molar-refractivity contribution >= 4 is 21.7 Å². The average Bonchev–Trinajstić information content (AvgIpc) is 2.81. The molecule has 94 valence electrons. The first-order valence-corrected chi connectivity index (χ1v) is 7.14. The minimum atomic E-state index is 0.346.